The largest absolute Gasteiger partial charge is 0.468 e. The molecular weight excluding hydrogens is 290 g/mol. The van der Waals surface area contributed by atoms with E-state index in [-0.39, 0.29) is 11.9 Å². The molecule has 1 fully saturated rings. The topological polar surface area (TPSA) is 58.4 Å². The van der Waals surface area contributed by atoms with Crippen LogP contribution in [0.25, 0.3) is 0 Å². The molecule has 5 nitrogen and oxygen atoms in total. The minimum Gasteiger partial charge on any atom is -0.468 e. The van der Waals surface area contributed by atoms with Gasteiger partial charge in [0.25, 0.3) is 5.91 Å². The van der Waals surface area contributed by atoms with E-state index < -0.39 is 0 Å². The van der Waals surface area contributed by atoms with Gasteiger partial charge in [0.1, 0.15) is 5.76 Å². The Balaban J connectivity index is 1.66. The molecular formula is C18H23N3O2. The Kier molecular flexibility index (Phi) is 5.08. The Bertz CT molecular complexity index is 604. The Hall–Kier alpha value is -2.14. The minimum atomic E-state index is -0.0747. The minimum absolute atomic E-state index is 0.0747. The summed E-state index contributed by atoms with van der Waals surface area (Å²) in [6.07, 6.45) is 7.33. The predicted octanol–water partition coefficient (Wildman–Crippen LogP) is 2.88. The van der Waals surface area contributed by atoms with Crippen molar-refractivity contribution < 1.29 is 9.21 Å². The number of rotatable bonds is 5. The number of hydrogen-bond donors (Lipinski definition) is 1. The molecule has 1 atom stereocenters. The van der Waals surface area contributed by atoms with Crippen LogP contribution in [0, 0.1) is 5.92 Å². The van der Waals surface area contributed by atoms with Gasteiger partial charge in [-0.3, -0.25) is 14.7 Å². The highest BCUT2D eigenvalue weighted by atomic mass is 16.3. The number of nitrogens with zero attached hydrogens (tertiary/aromatic N) is 2. The first-order chi connectivity index (χ1) is 11.2. The molecule has 1 saturated heterocycles. The molecule has 2 aromatic rings. The quantitative estimate of drug-likeness (QED) is 0.922. The summed E-state index contributed by atoms with van der Waals surface area (Å²) < 4.78 is 5.61. The lowest BCUT2D eigenvalue weighted by Crippen LogP contribution is -2.41. The number of nitrogens with one attached hydrogen (secondary N) is 1. The van der Waals surface area contributed by atoms with Gasteiger partial charge in [-0.15, -0.1) is 0 Å². The van der Waals surface area contributed by atoms with E-state index in [1.807, 2.05) is 12.1 Å². The molecule has 3 heterocycles. The third kappa shape index (κ3) is 3.99. The number of carbonyl (C=O) groups excluding carboxylic acids is 1. The summed E-state index contributed by atoms with van der Waals surface area (Å²) in [7, 11) is 0. The second kappa shape index (κ2) is 7.42. The number of pyridine rings is 1. The van der Waals surface area contributed by atoms with Crippen LogP contribution >= 0.6 is 0 Å². The van der Waals surface area contributed by atoms with E-state index in [1.54, 1.807) is 30.8 Å². The lowest BCUT2D eigenvalue weighted by atomic mass is 9.97. The Labute approximate surface area is 136 Å². The zero-order valence-electron chi connectivity index (χ0n) is 13.4. The van der Waals surface area contributed by atoms with Gasteiger partial charge in [-0.05, 0) is 56.1 Å². The Morgan fingerprint density at radius 3 is 2.74 bits per heavy atom. The molecule has 5 heteroatoms. The van der Waals surface area contributed by atoms with Crippen LogP contribution < -0.4 is 5.32 Å². The maximum absolute atomic E-state index is 12.3. The number of aromatic nitrogens is 1. The van der Waals surface area contributed by atoms with E-state index in [0.29, 0.717) is 12.1 Å². The van der Waals surface area contributed by atoms with Crippen LogP contribution in [-0.2, 0) is 0 Å². The Morgan fingerprint density at radius 2 is 2.09 bits per heavy atom. The first kappa shape index (κ1) is 15.7. The fraction of sp³-hybridized carbons (Fsp3) is 0.444. The molecule has 1 aliphatic rings. The van der Waals surface area contributed by atoms with E-state index >= 15 is 0 Å². The van der Waals surface area contributed by atoms with E-state index in [4.69, 9.17) is 4.42 Å². The van der Waals surface area contributed by atoms with Crippen LogP contribution in [0.1, 0.15) is 41.9 Å². The van der Waals surface area contributed by atoms with Gasteiger partial charge in [0.15, 0.2) is 0 Å². The molecule has 0 aromatic carbocycles. The molecule has 23 heavy (non-hydrogen) atoms. The second-order valence-electron chi connectivity index (χ2n) is 6.20. The lowest BCUT2D eigenvalue weighted by molar-refractivity contribution is 0.0895. The first-order valence-electron chi connectivity index (χ1n) is 8.19. The third-order valence-electron chi connectivity index (χ3n) is 4.53. The van der Waals surface area contributed by atoms with Crippen LogP contribution in [0.3, 0.4) is 0 Å². The van der Waals surface area contributed by atoms with Crippen molar-refractivity contribution in [2.75, 3.05) is 19.6 Å². The molecule has 1 amide bonds. The van der Waals surface area contributed by atoms with Crippen LogP contribution in [-0.4, -0.2) is 35.4 Å². The molecule has 0 spiro atoms. The lowest BCUT2D eigenvalue weighted by Gasteiger charge is -2.35. The maximum atomic E-state index is 12.3. The number of furan rings is 1. The first-order valence-corrected chi connectivity index (χ1v) is 8.19. The maximum Gasteiger partial charge on any atom is 0.251 e. The van der Waals surface area contributed by atoms with Gasteiger partial charge in [-0.25, -0.2) is 0 Å². The van der Waals surface area contributed by atoms with Gasteiger partial charge in [0.2, 0.25) is 0 Å². The van der Waals surface area contributed by atoms with Crippen molar-refractivity contribution in [3.8, 4) is 0 Å². The molecule has 122 valence electrons. The van der Waals surface area contributed by atoms with E-state index in [1.165, 1.54) is 12.8 Å². The van der Waals surface area contributed by atoms with E-state index in [0.717, 1.165) is 24.8 Å². The highest BCUT2D eigenvalue weighted by Gasteiger charge is 2.26. The van der Waals surface area contributed by atoms with Crippen molar-refractivity contribution in [2.45, 2.75) is 25.8 Å². The molecule has 1 aliphatic heterocycles. The van der Waals surface area contributed by atoms with Crippen molar-refractivity contribution in [1.29, 1.82) is 0 Å². The van der Waals surface area contributed by atoms with Crippen LogP contribution in [0.4, 0.5) is 0 Å². The summed E-state index contributed by atoms with van der Waals surface area (Å²) in [4.78, 5) is 18.6. The summed E-state index contributed by atoms with van der Waals surface area (Å²) in [6.45, 7) is 4.92. The number of hydrogen-bond acceptors (Lipinski definition) is 4. The summed E-state index contributed by atoms with van der Waals surface area (Å²) in [5, 5.41) is 3.03. The second-order valence-corrected chi connectivity index (χ2v) is 6.20. The van der Waals surface area contributed by atoms with Crippen molar-refractivity contribution in [2.24, 2.45) is 5.92 Å². The van der Waals surface area contributed by atoms with Crippen molar-refractivity contribution in [3.63, 3.8) is 0 Å². The summed E-state index contributed by atoms with van der Waals surface area (Å²) in [6, 6.07) is 7.42. The Morgan fingerprint density at radius 1 is 1.35 bits per heavy atom. The summed E-state index contributed by atoms with van der Waals surface area (Å²) in [5.74, 6) is 1.61. The summed E-state index contributed by atoms with van der Waals surface area (Å²) >= 11 is 0. The summed E-state index contributed by atoms with van der Waals surface area (Å²) in [5.41, 5.74) is 0.630. The average Bonchev–Trinajstić information content (AvgIpc) is 3.11. The van der Waals surface area contributed by atoms with Gasteiger partial charge in [0.05, 0.1) is 12.3 Å². The van der Waals surface area contributed by atoms with Crippen LogP contribution in [0.2, 0.25) is 0 Å². The van der Waals surface area contributed by atoms with E-state index in [9.17, 15) is 4.79 Å². The molecule has 2 aromatic heterocycles. The molecule has 0 radical (unpaired) electrons. The van der Waals surface area contributed by atoms with Crippen LogP contribution in [0.5, 0.6) is 0 Å². The number of likely N-dealkylation sites (tertiary alicyclic amines) is 1. The highest BCUT2D eigenvalue weighted by Crippen LogP contribution is 2.26. The van der Waals surface area contributed by atoms with E-state index in [2.05, 4.69) is 22.1 Å². The molecule has 1 N–H and O–H groups in total. The van der Waals surface area contributed by atoms with Gasteiger partial charge in [0, 0.05) is 24.5 Å². The van der Waals surface area contributed by atoms with Gasteiger partial charge in [-0.2, -0.15) is 0 Å². The van der Waals surface area contributed by atoms with Crippen molar-refractivity contribution >= 4 is 5.91 Å². The van der Waals surface area contributed by atoms with Gasteiger partial charge in [-0.1, -0.05) is 6.92 Å². The smallest absolute Gasteiger partial charge is 0.251 e. The number of carbonyl (C=O) groups is 1. The fourth-order valence-corrected chi connectivity index (χ4v) is 3.03. The van der Waals surface area contributed by atoms with Crippen LogP contribution in [0.15, 0.2) is 47.3 Å². The number of amides is 1. The molecule has 0 aliphatic carbocycles. The average molecular weight is 313 g/mol. The molecule has 3 rings (SSSR count). The molecule has 0 bridgehead atoms. The zero-order chi connectivity index (χ0) is 16.1. The molecule has 1 unspecified atom stereocenters. The monoisotopic (exact) mass is 313 g/mol. The van der Waals surface area contributed by atoms with Gasteiger partial charge < -0.3 is 9.73 Å². The predicted molar refractivity (Wildman–Crippen MR) is 88.0 cm³/mol. The third-order valence-corrected chi connectivity index (χ3v) is 4.53. The standard InChI is InChI=1S/C18H23N3O2/c1-14-6-10-21(11-7-14)16(17-3-2-12-23-17)13-20-18(22)15-4-8-19-9-5-15/h2-5,8-9,12,14,16H,6-7,10-11,13H2,1H3,(H,20,22). The van der Waals surface area contributed by atoms with Crippen molar-refractivity contribution in [3.05, 3.63) is 54.2 Å². The van der Waals surface area contributed by atoms with Gasteiger partial charge >= 0.3 is 0 Å². The SMILES string of the molecule is CC1CCN(C(CNC(=O)c2ccncc2)c2ccco2)CC1. The molecule has 0 saturated carbocycles. The van der Waals surface area contributed by atoms with Crippen molar-refractivity contribution in [1.82, 2.24) is 15.2 Å². The zero-order valence-corrected chi connectivity index (χ0v) is 13.4. The highest BCUT2D eigenvalue weighted by molar-refractivity contribution is 5.93. The fourth-order valence-electron chi connectivity index (χ4n) is 3.03. The normalized spacial score (nSPS) is 17.8. The number of piperidine rings is 1.